The Morgan fingerprint density at radius 2 is 2.00 bits per heavy atom. The highest BCUT2D eigenvalue weighted by Gasteiger charge is 2.48. The standard InChI is InChI=1S/C23H34N2O4S2/c1-17(2)15-24-11-8-20(9-12-24)29-22-14-19-7-13-25(16-21(19)30-22)31(27,28)23(26)10-5-4-6-18(23)3/h4-6,10,14,17-18,20,26H,7-9,11-13,15-16H2,1-3H3. The highest BCUT2D eigenvalue weighted by Crippen LogP contribution is 2.39. The van der Waals surface area contributed by atoms with E-state index >= 15 is 0 Å². The quantitative estimate of drug-likeness (QED) is 0.696. The number of rotatable bonds is 6. The number of aliphatic hydroxyl groups is 1. The fourth-order valence-electron chi connectivity index (χ4n) is 4.66. The molecule has 0 amide bonds. The van der Waals surface area contributed by atoms with E-state index in [1.807, 2.05) is 0 Å². The van der Waals surface area contributed by atoms with Gasteiger partial charge in [-0.05, 0) is 42.9 Å². The molecule has 6 nitrogen and oxygen atoms in total. The van der Waals surface area contributed by atoms with E-state index < -0.39 is 20.9 Å². The summed E-state index contributed by atoms with van der Waals surface area (Å²) in [5.41, 5.74) is 1.17. The van der Waals surface area contributed by atoms with Gasteiger partial charge in [0.1, 0.15) is 6.10 Å². The van der Waals surface area contributed by atoms with Crippen LogP contribution < -0.4 is 4.74 Å². The number of nitrogens with zero attached hydrogens (tertiary/aromatic N) is 2. The van der Waals surface area contributed by atoms with Crippen molar-refractivity contribution in [1.82, 2.24) is 9.21 Å². The summed E-state index contributed by atoms with van der Waals surface area (Å²) in [6.07, 6.45) is 9.44. The van der Waals surface area contributed by atoms with Gasteiger partial charge in [0.05, 0.1) is 0 Å². The molecule has 0 radical (unpaired) electrons. The van der Waals surface area contributed by atoms with Gasteiger partial charge in [-0.25, -0.2) is 8.42 Å². The molecule has 2 aliphatic heterocycles. The molecule has 1 aromatic rings. The molecule has 3 heterocycles. The molecule has 172 valence electrons. The van der Waals surface area contributed by atoms with Gasteiger partial charge < -0.3 is 14.7 Å². The molecular formula is C23H34N2O4S2. The number of fused-ring (bicyclic) bond motifs is 1. The highest BCUT2D eigenvalue weighted by atomic mass is 32.2. The first-order valence-corrected chi connectivity index (χ1v) is 13.5. The summed E-state index contributed by atoms with van der Waals surface area (Å²) >= 11 is 1.55. The minimum Gasteiger partial charge on any atom is -0.481 e. The minimum absolute atomic E-state index is 0.226. The molecule has 0 bridgehead atoms. The smallest absolute Gasteiger partial charge is 0.248 e. The van der Waals surface area contributed by atoms with Gasteiger partial charge in [0, 0.05) is 43.5 Å². The van der Waals surface area contributed by atoms with Crippen LogP contribution in [0.5, 0.6) is 5.06 Å². The van der Waals surface area contributed by atoms with Crippen LogP contribution in [0.1, 0.15) is 44.1 Å². The van der Waals surface area contributed by atoms with E-state index in [1.54, 1.807) is 36.5 Å². The van der Waals surface area contributed by atoms with Gasteiger partial charge in [0.15, 0.2) is 5.06 Å². The predicted molar refractivity (Wildman–Crippen MR) is 125 cm³/mol. The number of ether oxygens (including phenoxy) is 1. The highest BCUT2D eigenvalue weighted by molar-refractivity contribution is 7.90. The van der Waals surface area contributed by atoms with E-state index in [1.165, 1.54) is 15.9 Å². The van der Waals surface area contributed by atoms with Crippen molar-refractivity contribution in [3.05, 3.63) is 40.8 Å². The SMILES string of the molecule is CC(C)CN1CCC(Oc2cc3c(s2)CN(S(=O)(=O)C2(O)C=CC=CC2C)CC3)CC1. The molecule has 1 aliphatic carbocycles. The molecule has 4 rings (SSSR count). The normalized spacial score (nSPS) is 28.2. The number of likely N-dealkylation sites (tertiary alicyclic amines) is 1. The Morgan fingerprint density at radius 1 is 1.26 bits per heavy atom. The van der Waals surface area contributed by atoms with Crippen molar-refractivity contribution in [1.29, 1.82) is 0 Å². The number of piperidine rings is 1. The van der Waals surface area contributed by atoms with Crippen molar-refractivity contribution < 1.29 is 18.3 Å². The average Bonchev–Trinajstić information content (AvgIpc) is 3.12. The van der Waals surface area contributed by atoms with Gasteiger partial charge in [-0.1, -0.05) is 39.0 Å². The Bertz CT molecular complexity index is 945. The molecule has 1 aromatic heterocycles. The molecule has 1 N–H and O–H groups in total. The average molecular weight is 467 g/mol. The summed E-state index contributed by atoms with van der Waals surface area (Å²) < 4.78 is 34.3. The van der Waals surface area contributed by atoms with E-state index in [0.29, 0.717) is 25.4 Å². The molecule has 2 atom stereocenters. The monoisotopic (exact) mass is 466 g/mol. The third-order valence-electron chi connectivity index (χ3n) is 6.52. The Hall–Kier alpha value is -1.19. The van der Waals surface area contributed by atoms with Crippen LogP contribution >= 0.6 is 11.3 Å². The van der Waals surface area contributed by atoms with Gasteiger partial charge in [0.25, 0.3) is 0 Å². The predicted octanol–water partition coefficient (Wildman–Crippen LogP) is 3.39. The summed E-state index contributed by atoms with van der Waals surface area (Å²) in [5.74, 6) is 0.189. The zero-order valence-electron chi connectivity index (χ0n) is 18.7. The van der Waals surface area contributed by atoms with Crippen LogP contribution in [0.25, 0.3) is 0 Å². The lowest BCUT2D eigenvalue weighted by Crippen LogP contribution is -2.52. The largest absolute Gasteiger partial charge is 0.481 e. The fourth-order valence-corrected chi connectivity index (χ4v) is 7.73. The summed E-state index contributed by atoms with van der Waals surface area (Å²) in [6.45, 7) is 10.2. The molecule has 3 aliphatic rings. The van der Waals surface area contributed by atoms with Crippen LogP contribution in [-0.2, 0) is 23.0 Å². The van der Waals surface area contributed by atoms with E-state index in [-0.39, 0.29) is 6.10 Å². The second-order valence-corrected chi connectivity index (χ2v) is 12.6. The topological polar surface area (TPSA) is 70.1 Å². The molecule has 0 saturated carbocycles. The van der Waals surface area contributed by atoms with Crippen LogP contribution in [0, 0.1) is 11.8 Å². The maximum Gasteiger partial charge on any atom is 0.248 e. The third-order valence-corrected chi connectivity index (χ3v) is 9.90. The molecular weight excluding hydrogens is 432 g/mol. The van der Waals surface area contributed by atoms with E-state index in [2.05, 4.69) is 24.8 Å². The van der Waals surface area contributed by atoms with Crippen LogP contribution in [0.15, 0.2) is 30.4 Å². The zero-order valence-corrected chi connectivity index (χ0v) is 20.3. The van der Waals surface area contributed by atoms with Gasteiger partial charge in [0.2, 0.25) is 15.0 Å². The molecule has 8 heteroatoms. The van der Waals surface area contributed by atoms with Crippen LogP contribution in [0.4, 0.5) is 0 Å². The van der Waals surface area contributed by atoms with Crippen molar-refractivity contribution in [3.63, 3.8) is 0 Å². The van der Waals surface area contributed by atoms with Gasteiger partial charge in [-0.2, -0.15) is 4.31 Å². The minimum atomic E-state index is -3.90. The third kappa shape index (κ3) is 4.64. The van der Waals surface area contributed by atoms with Gasteiger partial charge in [-0.3, -0.25) is 0 Å². The zero-order chi connectivity index (χ0) is 22.2. The summed E-state index contributed by atoms with van der Waals surface area (Å²) in [4.78, 5) is 1.64. The van der Waals surface area contributed by atoms with Gasteiger partial charge in [-0.15, -0.1) is 11.3 Å². The van der Waals surface area contributed by atoms with E-state index in [4.69, 9.17) is 4.74 Å². The number of sulfonamides is 1. The Labute approximate surface area is 190 Å². The molecule has 0 spiro atoms. The van der Waals surface area contributed by atoms with Crippen LogP contribution in [-0.4, -0.2) is 59.9 Å². The van der Waals surface area contributed by atoms with Crippen molar-refractivity contribution in [3.8, 4) is 5.06 Å². The number of thiophene rings is 1. The van der Waals surface area contributed by atoms with Crippen LogP contribution in [0.3, 0.4) is 0 Å². The lowest BCUT2D eigenvalue weighted by atomic mass is 9.99. The first kappa shape index (κ1) is 23.0. The Balaban J connectivity index is 1.40. The van der Waals surface area contributed by atoms with Crippen LogP contribution in [0.2, 0.25) is 0 Å². The molecule has 31 heavy (non-hydrogen) atoms. The molecule has 1 saturated heterocycles. The number of allylic oxidation sites excluding steroid dienone is 2. The molecule has 0 aromatic carbocycles. The van der Waals surface area contributed by atoms with E-state index in [0.717, 1.165) is 42.4 Å². The van der Waals surface area contributed by atoms with Crippen molar-refractivity contribution in [2.75, 3.05) is 26.2 Å². The number of hydrogen-bond donors (Lipinski definition) is 1. The van der Waals surface area contributed by atoms with Crippen molar-refractivity contribution in [2.24, 2.45) is 11.8 Å². The first-order chi connectivity index (χ1) is 14.7. The fraction of sp³-hybridized carbons (Fsp3) is 0.652. The maximum absolute atomic E-state index is 13.3. The Kier molecular flexibility index (Phi) is 6.66. The lowest BCUT2D eigenvalue weighted by Gasteiger charge is -2.37. The van der Waals surface area contributed by atoms with Gasteiger partial charge >= 0.3 is 0 Å². The number of hydrogen-bond acceptors (Lipinski definition) is 6. The summed E-state index contributed by atoms with van der Waals surface area (Å²) in [6, 6.07) is 2.09. The molecule has 1 fully saturated rings. The maximum atomic E-state index is 13.3. The first-order valence-electron chi connectivity index (χ1n) is 11.3. The van der Waals surface area contributed by atoms with E-state index in [9.17, 15) is 13.5 Å². The lowest BCUT2D eigenvalue weighted by molar-refractivity contribution is 0.0969. The summed E-state index contributed by atoms with van der Waals surface area (Å²) in [5, 5.41) is 11.9. The Morgan fingerprint density at radius 3 is 2.68 bits per heavy atom. The second kappa shape index (κ2) is 8.98. The van der Waals surface area contributed by atoms with Crippen molar-refractivity contribution in [2.45, 2.75) is 57.6 Å². The summed E-state index contributed by atoms with van der Waals surface area (Å²) in [7, 11) is -3.90. The van der Waals surface area contributed by atoms with Crippen molar-refractivity contribution >= 4 is 21.4 Å². The second-order valence-electron chi connectivity index (χ2n) is 9.40. The molecule has 2 unspecified atom stereocenters.